The highest BCUT2D eigenvalue weighted by Gasteiger charge is 2.46. The van der Waals surface area contributed by atoms with Gasteiger partial charge >= 0.3 is 0 Å². The smallest absolute Gasteiger partial charge is 0.248 e. The number of methoxy groups -OCH3 is 1. The fourth-order valence-electron chi connectivity index (χ4n) is 4.05. The molecule has 1 heterocycles. The molecule has 148 valence electrons. The Bertz CT molecular complexity index is 835. The molecule has 0 saturated carbocycles. The summed E-state index contributed by atoms with van der Waals surface area (Å²) in [5.74, 6) is 0.0132. The molecule has 0 bridgehead atoms. The number of hydrogen-bond donors (Lipinski definition) is 0. The summed E-state index contributed by atoms with van der Waals surface area (Å²) in [7, 11) is 5.08. The van der Waals surface area contributed by atoms with Gasteiger partial charge in [0, 0.05) is 34.3 Å². The van der Waals surface area contributed by atoms with E-state index in [1.54, 1.807) is 23.9 Å². The van der Waals surface area contributed by atoms with Gasteiger partial charge in [-0.3, -0.25) is 9.59 Å². The molecule has 0 aromatic heterocycles. The van der Waals surface area contributed by atoms with Crippen LogP contribution in [0.1, 0.15) is 12.0 Å². The van der Waals surface area contributed by atoms with Crippen molar-refractivity contribution >= 4 is 11.8 Å². The van der Waals surface area contributed by atoms with E-state index < -0.39 is 5.41 Å². The van der Waals surface area contributed by atoms with E-state index in [1.807, 2.05) is 24.3 Å². The molecule has 1 unspecified atom stereocenters. The van der Waals surface area contributed by atoms with Crippen LogP contribution in [0.5, 0.6) is 0 Å². The van der Waals surface area contributed by atoms with Gasteiger partial charge in [0.1, 0.15) is 6.61 Å². The molecule has 3 rings (SSSR count). The average molecular weight is 380 g/mol. The summed E-state index contributed by atoms with van der Waals surface area (Å²) in [6, 6.07) is 18.6. The van der Waals surface area contributed by atoms with Crippen LogP contribution in [0.2, 0.25) is 0 Å². The quantitative estimate of drug-likeness (QED) is 0.774. The molecule has 28 heavy (non-hydrogen) atoms. The third-order valence-corrected chi connectivity index (χ3v) is 5.41. The number of amides is 2. The topological polar surface area (TPSA) is 49.9 Å². The fourth-order valence-corrected chi connectivity index (χ4v) is 4.05. The summed E-state index contributed by atoms with van der Waals surface area (Å²) in [5.41, 5.74) is 2.80. The van der Waals surface area contributed by atoms with Crippen LogP contribution < -0.4 is 0 Å². The summed E-state index contributed by atoms with van der Waals surface area (Å²) in [5, 5.41) is 0. The van der Waals surface area contributed by atoms with E-state index in [0.717, 1.165) is 16.7 Å². The Morgan fingerprint density at radius 1 is 1.07 bits per heavy atom. The van der Waals surface area contributed by atoms with Crippen molar-refractivity contribution in [2.45, 2.75) is 12.8 Å². The molecule has 2 amide bonds. The van der Waals surface area contributed by atoms with Gasteiger partial charge in [0.15, 0.2) is 0 Å². The lowest BCUT2D eigenvalue weighted by atomic mass is 9.79. The Morgan fingerprint density at radius 2 is 1.79 bits per heavy atom. The standard InChI is InChI=1S/C23H28N2O3/c1-24(2)22(27)23(12-13-25(17-23)21(26)16-28-3)15-18-8-7-11-20(14-18)19-9-5-4-6-10-19/h4-11,14H,12-13,15-17H2,1-3H3. The van der Waals surface area contributed by atoms with Crippen molar-refractivity contribution in [1.82, 2.24) is 9.80 Å². The maximum atomic E-state index is 13.1. The Labute approximate surface area is 166 Å². The SMILES string of the molecule is COCC(=O)N1CCC(Cc2cccc(-c3ccccc3)c2)(C(=O)N(C)C)C1. The predicted octanol–water partition coefficient (Wildman–Crippen LogP) is 2.85. The molecule has 5 nitrogen and oxygen atoms in total. The van der Waals surface area contributed by atoms with Gasteiger partial charge in [0.05, 0.1) is 5.41 Å². The molecule has 0 aliphatic carbocycles. The Balaban J connectivity index is 1.87. The van der Waals surface area contributed by atoms with Crippen molar-refractivity contribution in [1.29, 1.82) is 0 Å². The van der Waals surface area contributed by atoms with Crippen molar-refractivity contribution in [3.63, 3.8) is 0 Å². The predicted molar refractivity (Wildman–Crippen MR) is 110 cm³/mol. The molecule has 2 aromatic carbocycles. The summed E-state index contributed by atoms with van der Waals surface area (Å²) >= 11 is 0. The number of carbonyl (C=O) groups is 2. The van der Waals surface area contributed by atoms with Crippen molar-refractivity contribution in [3.8, 4) is 11.1 Å². The summed E-state index contributed by atoms with van der Waals surface area (Å²) in [6.07, 6.45) is 1.27. The minimum Gasteiger partial charge on any atom is -0.375 e. The Hall–Kier alpha value is -2.66. The highest BCUT2D eigenvalue weighted by molar-refractivity contribution is 5.86. The van der Waals surface area contributed by atoms with E-state index in [-0.39, 0.29) is 18.4 Å². The highest BCUT2D eigenvalue weighted by atomic mass is 16.5. The van der Waals surface area contributed by atoms with E-state index in [2.05, 4.69) is 30.3 Å². The van der Waals surface area contributed by atoms with Crippen molar-refractivity contribution < 1.29 is 14.3 Å². The Kier molecular flexibility index (Phi) is 6.15. The number of hydrogen-bond acceptors (Lipinski definition) is 3. The van der Waals surface area contributed by atoms with E-state index >= 15 is 0 Å². The summed E-state index contributed by atoms with van der Waals surface area (Å²) in [6.45, 7) is 1.07. The van der Waals surface area contributed by atoms with Gasteiger partial charge in [0.2, 0.25) is 11.8 Å². The Morgan fingerprint density at radius 3 is 2.46 bits per heavy atom. The van der Waals surface area contributed by atoms with Crippen LogP contribution in [0.25, 0.3) is 11.1 Å². The zero-order chi connectivity index (χ0) is 20.1. The van der Waals surface area contributed by atoms with Crippen LogP contribution in [0.15, 0.2) is 54.6 Å². The zero-order valence-corrected chi connectivity index (χ0v) is 16.9. The first-order valence-corrected chi connectivity index (χ1v) is 9.58. The van der Waals surface area contributed by atoms with Crippen LogP contribution in [-0.2, 0) is 20.7 Å². The van der Waals surface area contributed by atoms with Crippen LogP contribution in [0.4, 0.5) is 0 Å². The second-order valence-electron chi connectivity index (χ2n) is 7.72. The molecule has 1 saturated heterocycles. The van der Waals surface area contributed by atoms with Crippen LogP contribution >= 0.6 is 0 Å². The second-order valence-corrected chi connectivity index (χ2v) is 7.72. The lowest BCUT2D eigenvalue weighted by molar-refractivity contribution is -0.140. The van der Waals surface area contributed by atoms with Gasteiger partial charge in [-0.05, 0) is 29.5 Å². The molecule has 1 atom stereocenters. The minimum absolute atomic E-state index is 0.0513. The molecular weight excluding hydrogens is 352 g/mol. The van der Waals surface area contributed by atoms with E-state index in [0.29, 0.717) is 25.9 Å². The molecule has 5 heteroatoms. The van der Waals surface area contributed by atoms with Gasteiger partial charge < -0.3 is 14.5 Å². The number of rotatable bonds is 6. The molecule has 0 radical (unpaired) electrons. The fraction of sp³-hybridized carbons (Fsp3) is 0.391. The first kappa shape index (κ1) is 20.1. The first-order chi connectivity index (χ1) is 13.4. The maximum Gasteiger partial charge on any atom is 0.248 e. The van der Waals surface area contributed by atoms with E-state index in [9.17, 15) is 9.59 Å². The molecule has 2 aromatic rings. The lowest BCUT2D eigenvalue weighted by Gasteiger charge is -2.31. The number of benzene rings is 2. The lowest BCUT2D eigenvalue weighted by Crippen LogP contribution is -2.45. The number of ether oxygens (including phenoxy) is 1. The average Bonchev–Trinajstić information content (AvgIpc) is 3.13. The number of carbonyl (C=O) groups excluding carboxylic acids is 2. The monoisotopic (exact) mass is 380 g/mol. The minimum atomic E-state index is -0.595. The van der Waals surface area contributed by atoms with Gasteiger partial charge in [-0.25, -0.2) is 0 Å². The van der Waals surface area contributed by atoms with Crippen molar-refractivity contribution in [2.75, 3.05) is 40.9 Å². The van der Waals surface area contributed by atoms with E-state index in [1.165, 1.54) is 7.11 Å². The van der Waals surface area contributed by atoms with Crippen LogP contribution in [0.3, 0.4) is 0 Å². The van der Waals surface area contributed by atoms with Gasteiger partial charge in [-0.15, -0.1) is 0 Å². The third kappa shape index (κ3) is 4.25. The molecule has 1 fully saturated rings. The number of likely N-dealkylation sites (tertiary alicyclic amines) is 1. The highest BCUT2D eigenvalue weighted by Crippen LogP contribution is 2.37. The molecular formula is C23H28N2O3. The maximum absolute atomic E-state index is 13.1. The summed E-state index contributed by atoms with van der Waals surface area (Å²) < 4.78 is 4.99. The molecule has 1 aliphatic rings. The van der Waals surface area contributed by atoms with Gasteiger partial charge in [-0.2, -0.15) is 0 Å². The van der Waals surface area contributed by atoms with Gasteiger partial charge in [0.25, 0.3) is 0 Å². The molecule has 0 spiro atoms. The number of nitrogens with zero attached hydrogens (tertiary/aromatic N) is 2. The van der Waals surface area contributed by atoms with Crippen LogP contribution in [-0.4, -0.2) is 62.5 Å². The van der Waals surface area contributed by atoms with Crippen molar-refractivity contribution in [2.24, 2.45) is 5.41 Å². The summed E-state index contributed by atoms with van der Waals surface area (Å²) in [4.78, 5) is 28.8. The van der Waals surface area contributed by atoms with Crippen molar-refractivity contribution in [3.05, 3.63) is 60.2 Å². The second kappa shape index (κ2) is 8.57. The zero-order valence-electron chi connectivity index (χ0n) is 16.9. The van der Waals surface area contributed by atoms with Gasteiger partial charge in [-0.1, -0.05) is 54.6 Å². The molecule has 0 N–H and O–H groups in total. The van der Waals surface area contributed by atoms with E-state index in [4.69, 9.17) is 4.74 Å². The van der Waals surface area contributed by atoms with Crippen LogP contribution in [0, 0.1) is 5.41 Å². The largest absolute Gasteiger partial charge is 0.375 e. The third-order valence-electron chi connectivity index (χ3n) is 5.41. The normalized spacial score (nSPS) is 18.9. The molecule has 1 aliphatic heterocycles. The first-order valence-electron chi connectivity index (χ1n) is 9.58.